The van der Waals surface area contributed by atoms with E-state index in [4.69, 9.17) is 4.74 Å². The first-order valence-corrected chi connectivity index (χ1v) is 7.42. The molecule has 106 valence electrons. The molecule has 4 nitrogen and oxygen atoms in total. The van der Waals surface area contributed by atoms with E-state index in [0.29, 0.717) is 13.2 Å². The smallest absolute Gasteiger partial charge is 0.317 e. The van der Waals surface area contributed by atoms with Crippen molar-refractivity contribution in [3.63, 3.8) is 0 Å². The number of carbonyl (C=O) groups is 1. The van der Waals surface area contributed by atoms with Crippen molar-refractivity contribution in [3.8, 4) is 0 Å². The van der Waals surface area contributed by atoms with Crippen LogP contribution >= 0.6 is 11.8 Å². The fourth-order valence-electron chi connectivity index (χ4n) is 1.69. The first-order valence-electron chi connectivity index (χ1n) is 6.20. The van der Waals surface area contributed by atoms with Gasteiger partial charge in [0.15, 0.2) is 0 Å². The number of ether oxygens (including phenoxy) is 1. The van der Waals surface area contributed by atoms with Crippen LogP contribution in [-0.4, -0.2) is 44.0 Å². The average molecular weight is 282 g/mol. The zero-order valence-corrected chi connectivity index (χ0v) is 12.8. The lowest BCUT2D eigenvalue weighted by Gasteiger charge is -2.21. The lowest BCUT2D eigenvalue weighted by Crippen LogP contribution is -2.43. The molecule has 0 bridgehead atoms. The minimum Gasteiger partial charge on any atom is -0.383 e. The zero-order chi connectivity index (χ0) is 14.3. The summed E-state index contributed by atoms with van der Waals surface area (Å²) < 4.78 is 4.99. The van der Waals surface area contributed by atoms with Crippen LogP contribution in [0.25, 0.3) is 0 Å². The molecule has 1 unspecified atom stereocenters. The van der Waals surface area contributed by atoms with Crippen LogP contribution in [0.1, 0.15) is 12.5 Å². The summed E-state index contributed by atoms with van der Waals surface area (Å²) in [4.78, 5) is 14.8. The molecule has 5 heteroatoms. The molecular weight excluding hydrogens is 260 g/mol. The van der Waals surface area contributed by atoms with Gasteiger partial charge in [0.2, 0.25) is 0 Å². The number of rotatable bonds is 6. The molecule has 1 atom stereocenters. The number of benzene rings is 1. The third kappa shape index (κ3) is 5.53. The number of carbonyl (C=O) groups excluding carboxylic acids is 1. The van der Waals surface area contributed by atoms with Crippen LogP contribution in [0, 0.1) is 0 Å². The number of nitrogens with zero attached hydrogens (tertiary/aromatic N) is 1. The van der Waals surface area contributed by atoms with E-state index < -0.39 is 0 Å². The maximum Gasteiger partial charge on any atom is 0.317 e. The van der Waals surface area contributed by atoms with Gasteiger partial charge in [0, 0.05) is 25.6 Å². The molecule has 0 aliphatic carbocycles. The average Bonchev–Trinajstić information content (AvgIpc) is 2.39. The highest BCUT2D eigenvalue weighted by atomic mass is 32.2. The Labute approximate surface area is 119 Å². The Morgan fingerprint density at radius 1 is 1.42 bits per heavy atom. The van der Waals surface area contributed by atoms with E-state index in [1.807, 2.05) is 25.3 Å². The summed E-state index contributed by atoms with van der Waals surface area (Å²) in [5, 5.41) is 2.88. The van der Waals surface area contributed by atoms with Gasteiger partial charge in [-0.3, -0.25) is 0 Å². The zero-order valence-electron chi connectivity index (χ0n) is 12.0. The molecular formula is C14H22N2O2S. The monoisotopic (exact) mass is 282 g/mol. The van der Waals surface area contributed by atoms with Crippen LogP contribution in [0.2, 0.25) is 0 Å². The quantitative estimate of drug-likeness (QED) is 0.815. The standard InChI is InChI=1S/C14H22N2O2S/c1-11(10-18-3)15-14(17)16(2)9-12-5-7-13(19-4)8-6-12/h5-8,11H,9-10H2,1-4H3,(H,15,17). The topological polar surface area (TPSA) is 41.6 Å². The molecule has 1 aromatic rings. The van der Waals surface area contributed by atoms with E-state index in [1.54, 1.807) is 30.8 Å². The fraction of sp³-hybridized carbons (Fsp3) is 0.500. The Balaban J connectivity index is 2.48. The molecule has 19 heavy (non-hydrogen) atoms. The largest absolute Gasteiger partial charge is 0.383 e. The minimum atomic E-state index is -0.0847. The van der Waals surface area contributed by atoms with Crippen LogP contribution < -0.4 is 5.32 Å². The summed E-state index contributed by atoms with van der Waals surface area (Å²) >= 11 is 1.71. The number of methoxy groups -OCH3 is 1. The Morgan fingerprint density at radius 2 is 2.05 bits per heavy atom. The highest BCUT2D eigenvalue weighted by molar-refractivity contribution is 7.98. The van der Waals surface area contributed by atoms with Gasteiger partial charge in [-0.15, -0.1) is 11.8 Å². The van der Waals surface area contributed by atoms with Crippen molar-refractivity contribution < 1.29 is 9.53 Å². The first kappa shape index (κ1) is 15.9. The van der Waals surface area contributed by atoms with Crippen molar-refractivity contribution in [1.29, 1.82) is 0 Å². The van der Waals surface area contributed by atoms with Gasteiger partial charge in [-0.2, -0.15) is 0 Å². The van der Waals surface area contributed by atoms with Crippen LogP contribution in [0.5, 0.6) is 0 Å². The second-order valence-corrected chi connectivity index (χ2v) is 5.39. The molecule has 1 N–H and O–H groups in total. The van der Waals surface area contributed by atoms with Gasteiger partial charge in [0.05, 0.1) is 12.6 Å². The highest BCUT2D eigenvalue weighted by Crippen LogP contribution is 2.15. The van der Waals surface area contributed by atoms with Gasteiger partial charge >= 0.3 is 6.03 Å². The van der Waals surface area contributed by atoms with Crippen molar-refractivity contribution in [2.24, 2.45) is 0 Å². The molecule has 1 rings (SSSR count). The predicted octanol–water partition coefficient (Wildman–Crippen LogP) is 2.58. The maximum absolute atomic E-state index is 11.9. The second-order valence-electron chi connectivity index (χ2n) is 4.51. The van der Waals surface area contributed by atoms with E-state index in [-0.39, 0.29) is 12.1 Å². The molecule has 0 saturated heterocycles. The van der Waals surface area contributed by atoms with E-state index in [9.17, 15) is 4.79 Å². The van der Waals surface area contributed by atoms with Crippen molar-refractivity contribution in [2.45, 2.75) is 24.4 Å². The summed E-state index contributed by atoms with van der Waals surface area (Å²) in [5.41, 5.74) is 1.12. The molecule has 0 aliphatic heterocycles. The SMILES string of the molecule is COCC(C)NC(=O)N(C)Cc1ccc(SC)cc1. The molecule has 2 amide bonds. The van der Waals surface area contributed by atoms with Crippen molar-refractivity contribution in [1.82, 2.24) is 10.2 Å². The van der Waals surface area contributed by atoms with Crippen LogP contribution in [0.15, 0.2) is 29.2 Å². The van der Waals surface area contributed by atoms with Crippen molar-refractivity contribution in [3.05, 3.63) is 29.8 Å². The Kier molecular flexibility index (Phi) is 6.73. The molecule has 0 radical (unpaired) electrons. The van der Waals surface area contributed by atoms with Crippen molar-refractivity contribution >= 4 is 17.8 Å². The van der Waals surface area contributed by atoms with Crippen molar-refractivity contribution in [2.75, 3.05) is 27.0 Å². The number of urea groups is 1. The molecule has 0 saturated carbocycles. The van der Waals surface area contributed by atoms with Crippen LogP contribution in [-0.2, 0) is 11.3 Å². The summed E-state index contributed by atoms with van der Waals surface area (Å²) in [6.45, 7) is 3.03. The number of thioether (sulfide) groups is 1. The van der Waals surface area contributed by atoms with Gasteiger partial charge in [0.25, 0.3) is 0 Å². The third-order valence-corrected chi connectivity index (χ3v) is 3.46. The number of amides is 2. The van der Waals surface area contributed by atoms with Crippen LogP contribution in [0.4, 0.5) is 4.79 Å². The third-order valence-electron chi connectivity index (χ3n) is 2.71. The predicted molar refractivity (Wildman–Crippen MR) is 79.6 cm³/mol. The van der Waals surface area contributed by atoms with Gasteiger partial charge in [-0.1, -0.05) is 12.1 Å². The molecule has 0 fully saturated rings. The summed E-state index contributed by atoms with van der Waals surface area (Å²) in [5.74, 6) is 0. The number of nitrogens with one attached hydrogen (secondary N) is 1. The Morgan fingerprint density at radius 3 is 2.58 bits per heavy atom. The number of hydrogen-bond acceptors (Lipinski definition) is 3. The van der Waals surface area contributed by atoms with Gasteiger partial charge in [-0.25, -0.2) is 4.79 Å². The molecule has 0 aliphatic rings. The Hall–Kier alpha value is -1.20. The maximum atomic E-state index is 11.9. The normalized spacial score (nSPS) is 12.0. The molecule has 0 spiro atoms. The molecule has 0 heterocycles. The van der Waals surface area contributed by atoms with E-state index in [0.717, 1.165) is 5.56 Å². The fourth-order valence-corrected chi connectivity index (χ4v) is 2.10. The summed E-state index contributed by atoms with van der Waals surface area (Å²) in [6.07, 6.45) is 2.05. The van der Waals surface area contributed by atoms with E-state index in [1.165, 1.54) is 4.90 Å². The first-order chi connectivity index (χ1) is 9.06. The molecule has 0 aromatic heterocycles. The highest BCUT2D eigenvalue weighted by Gasteiger charge is 2.11. The van der Waals surface area contributed by atoms with Gasteiger partial charge in [-0.05, 0) is 30.9 Å². The lowest BCUT2D eigenvalue weighted by atomic mass is 10.2. The van der Waals surface area contributed by atoms with E-state index >= 15 is 0 Å². The van der Waals surface area contributed by atoms with E-state index in [2.05, 4.69) is 17.4 Å². The summed E-state index contributed by atoms with van der Waals surface area (Å²) in [7, 11) is 3.41. The van der Waals surface area contributed by atoms with Crippen LogP contribution in [0.3, 0.4) is 0 Å². The van der Waals surface area contributed by atoms with Gasteiger partial charge in [0.1, 0.15) is 0 Å². The second kappa shape index (κ2) is 8.07. The lowest BCUT2D eigenvalue weighted by molar-refractivity contribution is 0.162. The minimum absolute atomic E-state index is 0.0128. The Bertz CT molecular complexity index is 395. The molecule has 1 aromatic carbocycles. The van der Waals surface area contributed by atoms with Gasteiger partial charge < -0.3 is 15.0 Å². The summed E-state index contributed by atoms with van der Waals surface area (Å²) in [6, 6.07) is 8.17. The number of hydrogen-bond donors (Lipinski definition) is 1.